The first-order valence-electron chi connectivity index (χ1n) is 8.21. The number of benzene rings is 3. The van der Waals surface area contributed by atoms with Gasteiger partial charge in [0.05, 0.1) is 5.69 Å². The van der Waals surface area contributed by atoms with E-state index in [0.29, 0.717) is 6.07 Å². The zero-order valence-electron chi connectivity index (χ0n) is 14.5. The predicted molar refractivity (Wildman–Crippen MR) is 94.3 cm³/mol. The fraction of sp³-hybridized carbons (Fsp3) is 0.150. The SMILES string of the molecule is O=C(Nc1c(C(O)(C(F)(F)F)C(F)(F)F)ccc2ccccc12)c1ccccc1. The molecule has 0 aliphatic rings. The molecule has 1 amide bonds. The minimum atomic E-state index is -6.08. The molecule has 3 aromatic carbocycles. The van der Waals surface area contributed by atoms with Gasteiger partial charge in [-0.05, 0) is 17.5 Å². The van der Waals surface area contributed by atoms with Crippen molar-refractivity contribution in [3.63, 3.8) is 0 Å². The molecule has 0 aromatic heterocycles. The van der Waals surface area contributed by atoms with Gasteiger partial charge in [0, 0.05) is 16.5 Å². The highest BCUT2D eigenvalue weighted by Gasteiger charge is 2.72. The molecule has 0 fully saturated rings. The number of anilines is 1. The van der Waals surface area contributed by atoms with E-state index in [1.54, 1.807) is 6.07 Å². The van der Waals surface area contributed by atoms with E-state index in [1.807, 2.05) is 0 Å². The van der Waals surface area contributed by atoms with Crippen molar-refractivity contribution in [2.45, 2.75) is 18.0 Å². The molecular formula is C20H13F6NO2. The standard InChI is InChI=1S/C20H13F6NO2/c21-19(22,23)18(29,20(24,25)26)15-11-10-12-6-4-5-9-14(12)16(15)27-17(28)13-7-2-1-3-8-13/h1-11,29H,(H,27,28). The number of hydrogen-bond acceptors (Lipinski definition) is 2. The van der Waals surface area contributed by atoms with E-state index in [1.165, 1.54) is 48.5 Å². The van der Waals surface area contributed by atoms with Gasteiger partial charge in [-0.3, -0.25) is 4.79 Å². The lowest BCUT2D eigenvalue weighted by molar-refractivity contribution is -0.375. The predicted octanol–water partition coefficient (Wildman–Crippen LogP) is 5.40. The van der Waals surface area contributed by atoms with Crippen molar-refractivity contribution >= 4 is 22.4 Å². The molecule has 0 saturated carbocycles. The van der Waals surface area contributed by atoms with E-state index in [4.69, 9.17) is 0 Å². The Kier molecular flexibility index (Phi) is 5.04. The lowest BCUT2D eigenvalue weighted by atomic mass is 9.88. The molecule has 0 saturated heterocycles. The van der Waals surface area contributed by atoms with Crippen LogP contribution in [-0.4, -0.2) is 23.4 Å². The lowest BCUT2D eigenvalue weighted by Gasteiger charge is -2.34. The maximum atomic E-state index is 13.4. The van der Waals surface area contributed by atoms with Crippen LogP contribution in [-0.2, 0) is 5.60 Å². The molecule has 0 atom stereocenters. The first-order valence-corrected chi connectivity index (χ1v) is 8.21. The minimum Gasteiger partial charge on any atom is -0.369 e. The van der Waals surface area contributed by atoms with Gasteiger partial charge in [-0.2, -0.15) is 26.3 Å². The topological polar surface area (TPSA) is 49.3 Å². The number of carbonyl (C=O) groups is 1. The molecule has 0 bridgehead atoms. The number of fused-ring (bicyclic) bond motifs is 1. The maximum absolute atomic E-state index is 13.4. The van der Waals surface area contributed by atoms with Gasteiger partial charge in [0.1, 0.15) is 0 Å². The van der Waals surface area contributed by atoms with E-state index in [9.17, 15) is 36.2 Å². The van der Waals surface area contributed by atoms with Crippen LogP contribution in [0.15, 0.2) is 66.7 Å². The van der Waals surface area contributed by atoms with Gasteiger partial charge in [-0.25, -0.2) is 0 Å². The number of carbonyl (C=O) groups excluding carboxylic acids is 1. The van der Waals surface area contributed by atoms with Crippen LogP contribution in [0.1, 0.15) is 15.9 Å². The summed E-state index contributed by atoms with van der Waals surface area (Å²) in [5, 5.41) is 12.2. The number of hydrogen-bond donors (Lipinski definition) is 2. The van der Waals surface area contributed by atoms with Crippen molar-refractivity contribution in [1.29, 1.82) is 0 Å². The first-order chi connectivity index (χ1) is 13.5. The van der Waals surface area contributed by atoms with E-state index in [2.05, 4.69) is 5.32 Å². The molecular weight excluding hydrogens is 400 g/mol. The Balaban J connectivity index is 2.28. The van der Waals surface area contributed by atoms with Crippen molar-refractivity contribution in [3.8, 4) is 0 Å². The van der Waals surface area contributed by atoms with Gasteiger partial charge in [0.25, 0.3) is 11.5 Å². The third kappa shape index (κ3) is 3.53. The molecule has 0 unspecified atom stereocenters. The summed E-state index contributed by atoms with van der Waals surface area (Å²) in [5.41, 5.74) is -7.44. The fourth-order valence-electron chi connectivity index (χ4n) is 2.95. The average molecular weight is 413 g/mol. The Bertz CT molecular complexity index is 1030. The molecule has 0 radical (unpaired) electrons. The maximum Gasteiger partial charge on any atom is 0.430 e. The fourth-order valence-corrected chi connectivity index (χ4v) is 2.95. The quantitative estimate of drug-likeness (QED) is 0.565. The monoisotopic (exact) mass is 413 g/mol. The van der Waals surface area contributed by atoms with E-state index < -0.39 is 35.1 Å². The normalized spacial score (nSPS) is 12.8. The summed E-state index contributed by atoms with van der Waals surface area (Å²) in [6.07, 6.45) is -12.2. The molecule has 9 heteroatoms. The molecule has 0 aliphatic heterocycles. The summed E-state index contributed by atoms with van der Waals surface area (Å²) in [7, 11) is 0. The number of aliphatic hydroxyl groups is 1. The van der Waals surface area contributed by atoms with Crippen LogP contribution in [0.3, 0.4) is 0 Å². The molecule has 2 N–H and O–H groups in total. The summed E-state index contributed by atoms with van der Waals surface area (Å²) in [6.45, 7) is 0. The molecule has 0 spiro atoms. The Morgan fingerprint density at radius 1 is 0.759 bits per heavy atom. The lowest BCUT2D eigenvalue weighted by Crippen LogP contribution is -2.54. The summed E-state index contributed by atoms with van der Waals surface area (Å²) >= 11 is 0. The second-order valence-electron chi connectivity index (χ2n) is 6.24. The van der Waals surface area contributed by atoms with Gasteiger partial charge in [0.2, 0.25) is 0 Å². The zero-order valence-corrected chi connectivity index (χ0v) is 14.5. The molecule has 29 heavy (non-hydrogen) atoms. The molecule has 0 heterocycles. The zero-order chi connectivity index (χ0) is 21.4. The average Bonchev–Trinajstić information content (AvgIpc) is 2.66. The van der Waals surface area contributed by atoms with E-state index in [-0.39, 0.29) is 16.3 Å². The molecule has 152 valence electrons. The number of rotatable bonds is 3. The van der Waals surface area contributed by atoms with Crippen LogP contribution >= 0.6 is 0 Å². The Morgan fingerprint density at radius 3 is 1.90 bits per heavy atom. The molecule has 3 aromatic rings. The second kappa shape index (κ2) is 7.07. The summed E-state index contributed by atoms with van der Waals surface area (Å²) in [5.74, 6) is -0.921. The summed E-state index contributed by atoms with van der Waals surface area (Å²) in [6, 6.07) is 14.4. The number of halogens is 6. The smallest absolute Gasteiger partial charge is 0.369 e. The van der Waals surface area contributed by atoms with Crippen LogP contribution in [0.5, 0.6) is 0 Å². The highest BCUT2D eigenvalue weighted by molar-refractivity contribution is 6.10. The second-order valence-corrected chi connectivity index (χ2v) is 6.24. The third-order valence-corrected chi connectivity index (χ3v) is 4.41. The third-order valence-electron chi connectivity index (χ3n) is 4.41. The van der Waals surface area contributed by atoms with Crippen molar-refractivity contribution in [2.75, 3.05) is 5.32 Å². The summed E-state index contributed by atoms with van der Waals surface area (Å²) < 4.78 is 80.7. The van der Waals surface area contributed by atoms with Crippen molar-refractivity contribution in [2.24, 2.45) is 0 Å². The van der Waals surface area contributed by atoms with Gasteiger partial charge < -0.3 is 10.4 Å². The van der Waals surface area contributed by atoms with Crippen LogP contribution in [0.4, 0.5) is 32.0 Å². The largest absolute Gasteiger partial charge is 0.430 e. The highest BCUT2D eigenvalue weighted by Crippen LogP contribution is 2.53. The Hall–Kier alpha value is -3.07. The van der Waals surface area contributed by atoms with Gasteiger partial charge in [-0.1, -0.05) is 54.6 Å². The molecule has 3 nitrogen and oxygen atoms in total. The minimum absolute atomic E-state index is 0.0222. The van der Waals surface area contributed by atoms with Crippen LogP contribution in [0.25, 0.3) is 10.8 Å². The van der Waals surface area contributed by atoms with E-state index >= 15 is 0 Å². The van der Waals surface area contributed by atoms with Gasteiger partial charge in [-0.15, -0.1) is 0 Å². The van der Waals surface area contributed by atoms with Gasteiger partial charge in [0.15, 0.2) is 0 Å². The first kappa shape index (κ1) is 20.7. The Morgan fingerprint density at radius 2 is 1.31 bits per heavy atom. The molecule has 0 aliphatic carbocycles. The number of amides is 1. The number of nitrogens with one attached hydrogen (secondary N) is 1. The van der Waals surface area contributed by atoms with Crippen molar-refractivity contribution in [3.05, 3.63) is 77.9 Å². The van der Waals surface area contributed by atoms with Crippen LogP contribution in [0.2, 0.25) is 0 Å². The Labute approximate surface area is 160 Å². The number of alkyl halides is 6. The van der Waals surface area contributed by atoms with Crippen LogP contribution in [0, 0.1) is 0 Å². The van der Waals surface area contributed by atoms with E-state index in [0.717, 1.165) is 6.07 Å². The van der Waals surface area contributed by atoms with Crippen LogP contribution < -0.4 is 5.32 Å². The summed E-state index contributed by atoms with van der Waals surface area (Å²) in [4.78, 5) is 12.5. The molecule has 3 rings (SSSR count). The van der Waals surface area contributed by atoms with Crippen molar-refractivity contribution < 1.29 is 36.2 Å². The highest BCUT2D eigenvalue weighted by atomic mass is 19.4. The van der Waals surface area contributed by atoms with Crippen molar-refractivity contribution in [1.82, 2.24) is 0 Å². The van der Waals surface area contributed by atoms with Gasteiger partial charge >= 0.3 is 12.4 Å².